The molecule has 1 aliphatic heterocycles. The van der Waals surface area contributed by atoms with Crippen LogP contribution in [-0.4, -0.2) is 34.2 Å². The first-order valence-electron chi connectivity index (χ1n) is 5.25. The van der Waals surface area contributed by atoms with Crippen molar-refractivity contribution in [2.45, 2.75) is 25.5 Å². The lowest BCUT2D eigenvalue weighted by Crippen LogP contribution is -2.37. The highest BCUT2D eigenvalue weighted by Gasteiger charge is 2.17. The van der Waals surface area contributed by atoms with Gasteiger partial charge in [-0.25, -0.2) is 4.98 Å². The molecule has 1 atom stereocenters. The third-order valence-corrected chi connectivity index (χ3v) is 2.88. The van der Waals surface area contributed by atoms with Crippen molar-refractivity contribution in [1.29, 1.82) is 0 Å². The van der Waals surface area contributed by atoms with Gasteiger partial charge in [0.15, 0.2) is 0 Å². The first-order chi connectivity index (χ1) is 7.24. The number of likely N-dealkylation sites (tertiary alicyclic amines) is 1. The number of β-amino-alcohol motifs (C(OH)–C–C–N with tert-alkyl or cyclic N) is 1. The maximum Gasteiger partial charge on any atom is 0.129 e. The molecule has 1 unspecified atom stereocenters. The van der Waals surface area contributed by atoms with Crippen molar-refractivity contribution in [3.05, 3.63) is 29.0 Å². The van der Waals surface area contributed by atoms with Crippen molar-refractivity contribution in [1.82, 2.24) is 9.88 Å². The van der Waals surface area contributed by atoms with E-state index in [9.17, 15) is 5.11 Å². The van der Waals surface area contributed by atoms with Gasteiger partial charge < -0.3 is 5.11 Å². The zero-order valence-electron chi connectivity index (χ0n) is 8.56. The molecule has 1 aromatic heterocycles. The number of nitrogens with zero attached hydrogens (tertiary/aromatic N) is 2. The highest BCUT2D eigenvalue weighted by Crippen LogP contribution is 2.14. The summed E-state index contributed by atoms with van der Waals surface area (Å²) in [6, 6.07) is 3.84. The first-order valence-corrected chi connectivity index (χ1v) is 5.63. The molecule has 0 amide bonds. The van der Waals surface area contributed by atoms with E-state index < -0.39 is 0 Å². The maximum absolute atomic E-state index is 9.53. The van der Waals surface area contributed by atoms with Crippen LogP contribution < -0.4 is 0 Å². The Hall–Kier alpha value is -0.640. The molecule has 82 valence electrons. The molecule has 4 heteroatoms. The lowest BCUT2D eigenvalue weighted by molar-refractivity contribution is 0.0668. The van der Waals surface area contributed by atoms with E-state index in [4.69, 9.17) is 11.6 Å². The number of aliphatic hydroxyl groups excluding tert-OH is 1. The molecule has 1 saturated heterocycles. The molecule has 0 aromatic carbocycles. The van der Waals surface area contributed by atoms with Crippen LogP contribution in [0.1, 0.15) is 18.4 Å². The van der Waals surface area contributed by atoms with Crippen molar-refractivity contribution < 1.29 is 5.11 Å². The fraction of sp³-hybridized carbons (Fsp3) is 0.545. The van der Waals surface area contributed by atoms with Crippen molar-refractivity contribution in [3.63, 3.8) is 0 Å². The second-order valence-electron chi connectivity index (χ2n) is 4.02. The largest absolute Gasteiger partial charge is 0.392 e. The fourth-order valence-electron chi connectivity index (χ4n) is 1.97. The zero-order valence-corrected chi connectivity index (χ0v) is 9.32. The molecular weight excluding hydrogens is 212 g/mol. The Bertz CT molecular complexity index is 332. The van der Waals surface area contributed by atoms with E-state index >= 15 is 0 Å². The molecule has 1 fully saturated rings. The molecule has 0 spiro atoms. The summed E-state index contributed by atoms with van der Waals surface area (Å²) in [6.07, 6.45) is 3.54. The van der Waals surface area contributed by atoms with Gasteiger partial charge in [-0.1, -0.05) is 11.6 Å². The number of halogens is 1. The molecule has 1 N–H and O–H groups in total. The van der Waals surface area contributed by atoms with Crippen LogP contribution in [0.3, 0.4) is 0 Å². The summed E-state index contributed by atoms with van der Waals surface area (Å²) in [7, 11) is 0. The van der Waals surface area contributed by atoms with Gasteiger partial charge in [-0.05, 0) is 37.1 Å². The van der Waals surface area contributed by atoms with E-state index in [1.165, 1.54) is 0 Å². The van der Waals surface area contributed by atoms with E-state index in [1.54, 1.807) is 6.20 Å². The minimum Gasteiger partial charge on any atom is -0.392 e. The second kappa shape index (κ2) is 4.92. The number of aromatic nitrogens is 1. The number of hydrogen-bond acceptors (Lipinski definition) is 3. The summed E-state index contributed by atoms with van der Waals surface area (Å²) < 4.78 is 0. The summed E-state index contributed by atoms with van der Waals surface area (Å²) in [5.41, 5.74) is 1.16. The molecule has 15 heavy (non-hydrogen) atoms. The van der Waals surface area contributed by atoms with E-state index in [2.05, 4.69) is 9.88 Å². The van der Waals surface area contributed by atoms with Gasteiger partial charge in [-0.15, -0.1) is 0 Å². The van der Waals surface area contributed by atoms with Gasteiger partial charge in [0, 0.05) is 19.3 Å². The Balaban J connectivity index is 1.96. The van der Waals surface area contributed by atoms with Crippen molar-refractivity contribution in [3.8, 4) is 0 Å². The van der Waals surface area contributed by atoms with Gasteiger partial charge in [0.2, 0.25) is 0 Å². The van der Waals surface area contributed by atoms with Crippen molar-refractivity contribution in [2.75, 3.05) is 13.1 Å². The van der Waals surface area contributed by atoms with E-state index in [0.29, 0.717) is 5.15 Å². The Morgan fingerprint density at radius 1 is 1.60 bits per heavy atom. The average molecular weight is 227 g/mol. The third kappa shape index (κ3) is 3.16. The van der Waals surface area contributed by atoms with Gasteiger partial charge in [-0.2, -0.15) is 0 Å². The Kier molecular flexibility index (Phi) is 3.57. The maximum atomic E-state index is 9.53. The fourth-order valence-corrected chi connectivity index (χ4v) is 2.17. The minimum absolute atomic E-state index is 0.170. The molecule has 2 heterocycles. The number of hydrogen-bond donors (Lipinski definition) is 1. The summed E-state index contributed by atoms with van der Waals surface area (Å²) in [4.78, 5) is 6.20. The third-order valence-electron chi connectivity index (χ3n) is 2.68. The molecule has 2 rings (SSSR count). The van der Waals surface area contributed by atoms with Gasteiger partial charge in [0.25, 0.3) is 0 Å². The van der Waals surface area contributed by atoms with Crippen molar-refractivity contribution in [2.24, 2.45) is 0 Å². The number of piperidine rings is 1. The highest BCUT2D eigenvalue weighted by atomic mass is 35.5. The zero-order chi connectivity index (χ0) is 10.7. The Morgan fingerprint density at radius 3 is 3.20 bits per heavy atom. The van der Waals surface area contributed by atoms with Gasteiger partial charge in [0.05, 0.1) is 6.10 Å². The topological polar surface area (TPSA) is 36.4 Å². The predicted octanol–water partition coefficient (Wildman–Crippen LogP) is 1.69. The normalized spacial score (nSPS) is 22.9. The van der Waals surface area contributed by atoms with Gasteiger partial charge >= 0.3 is 0 Å². The number of rotatable bonds is 2. The first kappa shape index (κ1) is 10.9. The van der Waals surface area contributed by atoms with Crippen LogP contribution in [-0.2, 0) is 6.54 Å². The predicted molar refractivity (Wildman–Crippen MR) is 59.8 cm³/mol. The minimum atomic E-state index is -0.170. The van der Waals surface area contributed by atoms with Crippen LogP contribution in [0.5, 0.6) is 0 Å². The quantitative estimate of drug-likeness (QED) is 0.780. The van der Waals surface area contributed by atoms with Crippen LogP contribution in [0.2, 0.25) is 5.15 Å². The van der Waals surface area contributed by atoms with Gasteiger partial charge in [0.1, 0.15) is 5.15 Å². The molecule has 1 aliphatic rings. The standard InChI is InChI=1S/C11H15ClN2O/c12-11-6-9(3-4-13-11)7-14-5-1-2-10(15)8-14/h3-4,6,10,15H,1-2,5,7-8H2. The molecule has 0 saturated carbocycles. The monoisotopic (exact) mass is 226 g/mol. The van der Waals surface area contributed by atoms with Crippen LogP contribution in [0.15, 0.2) is 18.3 Å². The van der Waals surface area contributed by atoms with Crippen LogP contribution >= 0.6 is 11.6 Å². The SMILES string of the molecule is OC1CCCN(Cc2ccnc(Cl)c2)C1. The summed E-state index contributed by atoms with van der Waals surface area (Å²) in [5, 5.41) is 10.1. The summed E-state index contributed by atoms with van der Waals surface area (Å²) in [6.45, 7) is 2.66. The van der Waals surface area contributed by atoms with Crippen LogP contribution in [0.4, 0.5) is 0 Å². The molecular formula is C11H15ClN2O. The van der Waals surface area contributed by atoms with E-state index in [0.717, 1.165) is 38.0 Å². The van der Waals surface area contributed by atoms with Crippen LogP contribution in [0, 0.1) is 0 Å². The van der Waals surface area contributed by atoms with Crippen LogP contribution in [0.25, 0.3) is 0 Å². The molecule has 0 radical (unpaired) electrons. The van der Waals surface area contributed by atoms with Gasteiger partial charge in [-0.3, -0.25) is 4.90 Å². The number of pyridine rings is 1. The highest BCUT2D eigenvalue weighted by molar-refractivity contribution is 6.29. The Labute approximate surface area is 94.7 Å². The smallest absolute Gasteiger partial charge is 0.129 e. The molecule has 1 aromatic rings. The Morgan fingerprint density at radius 2 is 2.47 bits per heavy atom. The lowest BCUT2D eigenvalue weighted by atomic mass is 10.1. The average Bonchev–Trinajstić information content (AvgIpc) is 2.17. The van der Waals surface area contributed by atoms with E-state index in [-0.39, 0.29) is 6.10 Å². The van der Waals surface area contributed by atoms with E-state index in [1.807, 2.05) is 12.1 Å². The lowest BCUT2D eigenvalue weighted by Gasteiger charge is -2.29. The molecule has 0 aliphatic carbocycles. The molecule has 3 nitrogen and oxygen atoms in total. The number of aliphatic hydroxyl groups is 1. The summed E-state index contributed by atoms with van der Waals surface area (Å²) >= 11 is 5.81. The second-order valence-corrected chi connectivity index (χ2v) is 4.41. The van der Waals surface area contributed by atoms with Crippen molar-refractivity contribution >= 4 is 11.6 Å². The molecule has 0 bridgehead atoms. The summed E-state index contributed by atoms with van der Waals surface area (Å²) in [5.74, 6) is 0.